The van der Waals surface area contributed by atoms with Crippen LogP contribution in [0.25, 0.3) is 0 Å². The van der Waals surface area contributed by atoms with Crippen molar-refractivity contribution in [3.8, 4) is 5.75 Å². The molecule has 1 heterocycles. The Kier molecular flexibility index (Phi) is 7.32. The van der Waals surface area contributed by atoms with Gasteiger partial charge in [0.1, 0.15) is 24.0 Å². The minimum Gasteiger partial charge on any atom is -0.491 e. The molecule has 7 heteroatoms. The van der Waals surface area contributed by atoms with E-state index in [0.717, 1.165) is 16.7 Å². The second-order valence-electron chi connectivity index (χ2n) is 8.00. The Hall–Kier alpha value is -3.29. The molecule has 0 atom stereocenters. The molecule has 33 heavy (non-hydrogen) atoms. The van der Waals surface area contributed by atoms with Crippen molar-refractivity contribution in [3.05, 3.63) is 100 Å². The zero-order chi connectivity index (χ0) is 23.2. The fourth-order valence-corrected chi connectivity index (χ4v) is 3.93. The molecule has 0 aromatic heterocycles. The molecule has 5 nitrogen and oxygen atoms in total. The van der Waals surface area contributed by atoms with Crippen LogP contribution in [0.2, 0.25) is 0 Å². The summed E-state index contributed by atoms with van der Waals surface area (Å²) in [5, 5.41) is 9.37. The SMILES string of the molecule is O=C(O)c1ccc2c(c1)Cc1cccc(c1)CN(Cc1c(F)cccc1F)CCOCCO2. The van der Waals surface area contributed by atoms with Crippen LogP contribution in [-0.4, -0.2) is 42.3 Å². The predicted octanol–water partition coefficient (Wildman–Crippen LogP) is 4.67. The molecule has 0 radical (unpaired) electrons. The number of hydrogen-bond donors (Lipinski definition) is 1. The van der Waals surface area contributed by atoms with Gasteiger partial charge < -0.3 is 14.6 Å². The number of fused-ring (bicyclic) bond motifs is 3. The number of carboxylic acid groups (broad SMARTS) is 1. The number of carboxylic acids is 1. The minimum atomic E-state index is -0.995. The number of benzene rings is 3. The first-order valence-electron chi connectivity index (χ1n) is 10.8. The number of hydrogen-bond acceptors (Lipinski definition) is 4. The number of halogens is 2. The first kappa shape index (κ1) is 22.9. The Morgan fingerprint density at radius 1 is 0.939 bits per heavy atom. The second kappa shape index (κ2) is 10.6. The lowest BCUT2D eigenvalue weighted by molar-refractivity contribution is 0.0695. The van der Waals surface area contributed by atoms with Crippen molar-refractivity contribution in [2.75, 3.05) is 26.4 Å². The smallest absolute Gasteiger partial charge is 0.335 e. The lowest BCUT2D eigenvalue weighted by atomic mass is 10.00. The van der Waals surface area contributed by atoms with Gasteiger partial charge in [-0.3, -0.25) is 4.90 Å². The Bertz CT molecular complexity index is 1110. The van der Waals surface area contributed by atoms with E-state index in [-0.39, 0.29) is 17.7 Å². The summed E-state index contributed by atoms with van der Waals surface area (Å²) in [6.45, 7) is 2.13. The van der Waals surface area contributed by atoms with Crippen LogP contribution in [0.4, 0.5) is 8.78 Å². The summed E-state index contributed by atoms with van der Waals surface area (Å²) in [6.07, 6.45) is 0.493. The summed E-state index contributed by atoms with van der Waals surface area (Å²) in [5.74, 6) is -1.50. The zero-order valence-corrected chi connectivity index (χ0v) is 18.1. The molecule has 3 aromatic rings. The molecule has 3 aromatic carbocycles. The molecule has 0 saturated heterocycles. The van der Waals surface area contributed by atoms with Crippen molar-refractivity contribution in [2.24, 2.45) is 0 Å². The van der Waals surface area contributed by atoms with Crippen LogP contribution < -0.4 is 4.74 Å². The molecule has 0 amide bonds. The average Bonchev–Trinajstić information content (AvgIpc) is 2.79. The highest BCUT2D eigenvalue weighted by atomic mass is 19.1. The van der Waals surface area contributed by atoms with E-state index in [4.69, 9.17) is 9.47 Å². The predicted molar refractivity (Wildman–Crippen MR) is 119 cm³/mol. The number of ether oxygens (including phenoxy) is 2. The lowest BCUT2D eigenvalue weighted by Crippen LogP contribution is -2.28. The summed E-state index contributed by atoms with van der Waals surface area (Å²) in [4.78, 5) is 13.4. The molecule has 1 N–H and O–H groups in total. The van der Waals surface area contributed by atoms with Gasteiger partial charge in [0.2, 0.25) is 0 Å². The van der Waals surface area contributed by atoms with E-state index in [9.17, 15) is 18.7 Å². The molecule has 1 aliphatic rings. The summed E-state index contributed by atoms with van der Waals surface area (Å²) in [5.41, 5.74) is 2.98. The highest BCUT2D eigenvalue weighted by Crippen LogP contribution is 2.25. The maximum atomic E-state index is 14.2. The van der Waals surface area contributed by atoms with E-state index >= 15 is 0 Å². The fraction of sp³-hybridized carbons (Fsp3) is 0.269. The third kappa shape index (κ3) is 5.94. The van der Waals surface area contributed by atoms with Crippen molar-refractivity contribution in [2.45, 2.75) is 19.5 Å². The van der Waals surface area contributed by atoms with Crippen LogP contribution in [0.15, 0.2) is 60.7 Å². The Balaban J connectivity index is 1.62. The van der Waals surface area contributed by atoms with Gasteiger partial charge in [0.25, 0.3) is 0 Å². The van der Waals surface area contributed by atoms with E-state index in [2.05, 4.69) is 0 Å². The van der Waals surface area contributed by atoms with Crippen LogP contribution in [-0.2, 0) is 24.2 Å². The van der Waals surface area contributed by atoms with Crippen molar-refractivity contribution >= 4 is 5.97 Å². The molecule has 0 unspecified atom stereocenters. The van der Waals surface area contributed by atoms with Crippen LogP contribution in [0.3, 0.4) is 0 Å². The maximum absolute atomic E-state index is 14.2. The highest BCUT2D eigenvalue weighted by Gasteiger charge is 2.16. The van der Waals surface area contributed by atoms with Gasteiger partial charge in [0, 0.05) is 31.6 Å². The van der Waals surface area contributed by atoms with E-state index < -0.39 is 17.6 Å². The molecule has 0 saturated carbocycles. The van der Waals surface area contributed by atoms with Gasteiger partial charge in [-0.05, 0) is 47.0 Å². The highest BCUT2D eigenvalue weighted by molar-refractivity contribution is 5.88. The molecule has 0 aliphatic carbocycles. The fourth-order valence-electron chi connectivity index (χ4n) is 3.93. The number of rotatable bonds is 3. The first-order chi connectivity index (χ1) is 16.0. The third-order valence-electron chi connectivity index (χ3n) is 5.58. The van der Waals surface area contributed by atoms with Gasteiger partial charge in [0.05, 0.1) is 18.8 Å². The standard InChI is InChI=1S/C26H25F2NO4/c27-23-5-2-6-24(28)22(23)17-29-9-10-32-11-12-33-25-8-7-20(26(30)31)15-21(25)14-18-3-1-4-19(13-18)16-29/h1-8,13,15H,9-12,14,16-17H2,(H,30,31). The Morgan fingerprint density at radius 2 is 1.70 bits per heavy atom. The Morgan fingerprint density at radius 3 is 2.48 bits per heavy atom. The van der Waals surface area contributed by atoms with Gasteiger partial charge >= 0.3 is 5.97 Å². The van der Waals surface area contributed by atoms with Crippen molar-refractivity contribution in [3.63, 3.8) is 0 Å². The number of aromatic carboxylic acids is 1. The van der Waals surface area contributed by atoms with E-state index in [1.807, 2.05) is 29.2 Å². The van der Waals surface area contributed by atoms with Crippen LogP contribution in [0.1, 0.15) is 32.6 Å². The summed E-state index contributed by atoms with van der Waals surface area (Å²) >= 11 is 0. The summed E-state index contributed by atoms with van der Waals surface area (Å²) < 4.78 is 40.0. The average molecular weight is 453 g/mol. The summed E-state index contributed by atoms with van der Waals surface area (Å²) in [6, 6.07) is 16.6. The minimum absolute atomic E-state index is 0.0354. The van der Waals surface area contributed by atoms with Crippen molar-refractivity contribution in [1.82, 2.24) is 4.90 Å². The van der Waals surface area contributed by atoms with Gasteiger partial charge in [-0.25, -0.2) is 13.6 Å². The van der Waals surface area contributed by atoms with Gasteiger partial charge in [-0.2, -0.15) is 0 Å². The molecular formula is C26H25F2NO4. The molecule has 172 valence electrons. The molecule has 1 aliphatic heterocycles. The maximum Gasteiger partial charge on any atom is 0.335 e. The second-order valence-corrected chi connectivity index (χ2v) is 8.00. The van der Waals surface area contributed by atoms with E-state index in [1.54, 1.807) is 12.1 Å². The molecule has 0 spiro atoms. The molecular weight excluding hydrogens is 428 g/mol. The third-order valence-corrected chi connectivity index (χ3v) is 5.58. The quantitative estimate of drug-likeness (QED) is 0.625. The van der Waals surface area contributed by atoms with Crippen LogP contribution in [0, 0.1) is 11.6 Å². The van der Waals surface area contributed by atoms with Crippen LogP contribution in [0.5, 0.6) is 5.75 Å². The first-order valence-corrected chi connectivity index (χ1v) is 10.8. The molecule has 2 bridgehead atoms. The largest absolute Gasteiger partial charge is 0.491 e. The summed E-state index contributed by atoms with van der Waals surface area (Å²) in [7, 11) is 0. The van der Waals surface area contributed by atoms with Crippen molar-refractivity contribution in [1.29, 1.82) is 0 Å². The van der Waals surface area contributed by atoms with Gasteiger partial charge in [0.15, 0.2) is 0 Å². The molecule has 4 rings (SSSR count). The van der Waals surface area contributed by atoms with E-state index in [1.165, 1.54) is 24.3 Å². The molecule has 0 fully saturated rings. The van der Waals surface area contributed by atoms with Gasteiger partial charge in [-0.15, -0.1) is 0 Å². The topological polar surface area (TPSA) is 59.0 Å². The van der Waals surface area contributed by atoms with E-state index in [0.29, 0.717) is 45.1 Å². The van der Waals surface area contributed by atoms with Gasteiger partial charge in [-0.1, -0.05) is 30.3 Å². The normalized spacial score (nSPS) is 15.2. The zero-order valence-electron chi connectivity index (χ0n) is 18.1. The Labute approximate surface area is 191 Å². The van der Waals surface area contributed by atoms with Crippen molar-refractivity contribution < 1.29 is 28.2 Å². The van der Waals surface area contributed by atoms with Crippen LogP contribution >= 0.6 is 0 Å². The monoisotopic (exact) mass is 453 g/mol. The number of carbonyl (C=O) groups is 1. The number of nitrogens with zero attached hydrogens (tertiary/aromatic N) is 1. The lowest BCUT2D eigenvalue weighted by Gasteiger charge is -2.24.